The Morgan fingerprint density at radius 2 is 1.96 bits per heavy atom. The molecule has 0 aliphatic heterocycles. The van der Waals surface area contributed by atoms with Gasteiger partial charge in [0.15, 0.2) is 0 Å². The SMILES string of the molecule is CCc1ccccc1-c1csc2cnc(Nc3cccc(N)c3)nc12. The molecule has 0 aliphatic carbocycles. The van der Waals surface area contributed by atoms with Crippen LogP contribution in [-0.2, 0) is 6.42 Å². The molecule has 3 N–H and O–H groups in total. The molecular weight excluding hydrogens is 328 g/mol. The molecule has 2 aromatic carbocycles. The molecule has 5 heteroatoms. The molecule has 124 valence electrons. The van der Waals surface area contributed by atoms with E-state index in [1.165, 1.54) is 11.1 Å². The molecule has 2 aromatic heterocycles. The zero-order valence-corrected chi connectivity index (χ0v) is 14.7. The summed E-state index contributed by atoms with van der Waals surface area (Å²) in [4.78, 5) is 9.19. The van der Waals surface area contributed by atoms with Crippen LogP contribution in [0.25, 0.3) is 21.3 Å². The van der Waals surface area contributed by atoms with Gasteiger partial charge in [0, 0.05) is 22.3 Å². The minimum absolute atomic E-state index is 0.576. The molecule has 4 nitrogen and oxygen atoms in total. The van der Waals surface area contributed by atoms with Crippen LogP contribution in [0.5, 0.6) is 0 Å². The van der Waals surface area contributed by atoms with Crippen LogP contribution >= 0.6 is 11.3 Å². The van der Waals surface area contributed by atoms with Crippen molar-refractivity contribution in [1.82, 2.24) is 9.97 Å². The van der Waals surface area contributed by atoms with E-state index in [0.717, 1.165) is 27.9 Å². The van der Waals surface area contributed by atoms with Crippen molar-refractivity contribution in [3.8, 4) is 11.1 Å². The molecule has 0 atom stereocenters. The quantitative estimate of drug-likeness (QED) is 0.496. The van der Waals surface area contributed by atoms with Gasteiger partial charge in [-0.05, 0) is 35.7 Å². The van der Waals surface area contributed by atoms with E-state index in [4.69, 9.17) is 10.7 Å². The van der Waals surface area contributed by atoms with Crippen LogP contribution in [0, 0.1) is 0 Å². The standard InChI is InChI=1S/C20H18N4S/c1-2-13-6-3-4-9-16(13)17-12-25-18-11-22-20(24-19(17)18)23-15-8-5-7-14(21)10-15/h3-12H,2,21H2,1H3,(H,22,23,24). The van der Waals surface area contributed by atoms with Crippen LogP contribution in [0.15, 0.2) is 60.1 Å². The summed E-state index contributed by atoms with van der Waals surface area (Å²) in [7, 11) is 0. The number of aryl methyl sites for hydroxylation is 1. The van der Waals surface area contributed by atoms with Gasteiger partial charge in [-0.3, -0.25) is 0 Å². The first-order valence-corrected chi connectivity index (χ1v) is 9.07. The molecular formula is C20H18N4S. The van der Waals surface area contributed by atoms with Crippen molar-refractivity contribution in [2.45, 2.75) is 13.3 Å². The predicted octanol–water partition coefficient (Wildman–Crippen LogP) is 5.25. The van der Waals surface area contributed by atoms with E-state index in [1.54, 1.807) is 11.3 Å². The Morgan fingerprint density at radius 3 is 2.80 bits per heavy atom. The molecule has 0 fully saturated rings. The Morgan fingerprint density at radius 1 is 1.08 bits per heavy atom. The van der Waals surface area contributed by atoms with Crippen LogP contribution in [-0.4, -0.2) is 9.97 Å². The van der Waals surface area contributed by atoms with Gasteiger partial charge < -0.3 is 11.1 Å². The second-order valence-electron chi connectivity index (χ2n) is 5.82. The lowest BCUT2D eigenvalue weighted by atomic mass is 10.00. The highest BCUT2D eigenvalue weighted by Crippen LogP contribution is 2.35. The van der Waals surface area contributed by atoms with Crippen molar-refractivity contribution >= 4 is 38.9 Å². The topological polar surface area (TPSA) is 63.8 Å². The summed E-state index contributed by atoms with van der Waals surface area (Å²) < 4.78 is 1.08. The fourth-order valence-corrected chi connectivity index (χ4v) is 3.78. The summed E-state index contributed by atoms with van der Waals surface area (Å²) in [5, 5.41) is 5.40. The number of nitrogen functional groups attached to an aromatic ring is 1. The van der Waals surface area contributed by atoms with E-state index in [0.29, 0.717) is 11.6 Å². The number of nitrogens with one attached hydrogen (secondary N) is 1. The molecule has 0 spiro atoms. The number of nitrogens with two attached hydrogens (primary N) is 1. The van der Waals surface area contributed by atoms with E-state index >= 15 is 0 Å². The summed E-state index contributed by atoms with van der Waals surface area (Å²) in [6, 6.07) is 16.1. The number of thiophene rings is 1. The van der Waals surface area contributed by atoms with Crippen LogP contribution in [0.4, 0.5) is 17.3 Å². The lowest BCUT2D eigenvalue weighted by Gasteiger charge is -2.08. The summed E-state index contributed by atoms with van der Waals surface area (Å²) in [5.41, 5.74) is 12.1. The highest BCUT2D eigenvalue weighted by molar-refractivity contribution is 7.17. The number of aromatic nitrogens is 2. The van der Waals surface area contributed by atoms with Gasteiger partial charge in [-0.1, -0.05) is 37.3 Å². The third-order valence-electron chi connectivity index (χ3n) is 4.15. The number of hydrogen-bond donors (Lipinski definition) is 2. The Kier molecular flexibility index (Phi) is 4.07. The maximum atomic E-state index is 5.84. The third kappa shape index (κ3) is 3.06. The van der Waals surface area contributed by atoms with Crippen molar-refractivity contribution in [3.05, 3.63) is 65.7 Å². The molecule has 0 unspecified atom stereocenters. The number of fused-ring (bicyclic) bond motifs is 1. The zero-order chi connectivity index (χ0) is 17.2. The van der Waals surface area contributed by atoms with Gasteiger partial charge in [0.25, 0.3) is 0 Å². The minimum Gasteiger partial charge on any atom is -0.399 e. The fourth-order valence-electron chi connectivity index (χ4n) is 2.92. The highest BCUT2D eigenvalue weighted by Gasteiger charge is 2.12. The van der Waals surface area contributed by atoms with E-state index < -0.39 is 0 Å². The average molecular weight is 346 g/mol. The van der Waals surface area contributed by atoms with Gasteiger partial charge in [0.2, 0.25) is 5.95 Å². The van der Waals surface area contributed by atoms with E-state index in [1.807, 2.05) is 30.5 Å². The molecule has 0 amide bonds. The summed E-state index contributed by atoms with van der Waals surface area (Å²) >= 11 is 1.67. The molecule has 0 radical (unpaired) electrons. The second-order valence-corrected chi connectivity index (χ2v) is 6.73. The van der Waals surface area contributed by atoms with Gasteiger partial charge in [-0.15, -0.1) is 11.3 Å². The second kappa shape index (κ2) is 6.53. The third-order valence-corrected chi connectivity index (χ3v) is 5.05. The van der Waals surface area contributed by atoms with Gasteiger partial charge in [-0.25, -0.2) is 9.97 Å². The summed E-state index contributed by atoms with van der Waals surface area (Å²) in [6.45, 7) is 2.18. The van der Waals surface area contributed by atoms with E-state index in [-0.39, 0.29) is 0 Å². The van der Waals surface area contributed by atoms with Crippen molar-refractivity contribution in [2.24, 2.45) is 0 Å². The molecule has 4 rings (SSSR count). The Bertz CT molecular complexity index is 1040. The molecule has 0 bridgehead atoms. The Balaban J connectivity index is 1.77. The van der Waals surface area contributed by atoms with Gasteiger partial charge in [0.1, 0.15) is 0 Å². The van der Waals surface area contributed by atoms with Crippen LogP contribution in [0.1, 0.15) is 12.5 Å². The van der Waals surface area contributed by atoms with Crippen molar-refractivity contribution in [1.29, 1.82) is 0 Å². The largest absolute Gasteiger partial charge is 0.399 e. The Hall–Kier alpha value is -2.92. The fraction of sp³-hybridized carbons (Fsp3) is 0.100. The van der Waals surface area contributed by atoms with E-state index in [2.05, 4.69) is 46.9 Å². The number of hydrogen-bond acceptors (Lipinski definition) is 5. The first-order chi connectivity index (χ1) is 12.2. The number of nitrogens with zero attached hydrogens (tertiary/aromatic N) is 2. The predicted molar refractivity (Wildman–Crippen MR) is 106 cm³/mol. The van der Waals surface area contributed by atoms with Crippen LogP contribution in [0.3, 0.4) is 0 Å². The first-order valence-electron chi connectivity index (χ1n) is 8.19. The minimum atomic E-state index is 0.576. The number of rotatable bonds is 4. The molecule has 0 saturated heterocycles. The number of anilines is 3. The monoisotopic (exact) mass is 346 g/mol. The zero-order valence-electron chi connectivity index (χ0n) is 13.9. The summed E-state index contributed by atoms with van der Waals surface area (Å²) in [5.74, 6) is 0.576. The molecule has 0 saturated carbocycles. The van der Waals surface area contributed by atoms with Crippen molar-refractivity contribution < 1.29 is 0 Å². The molecule has 25 heavy (non-hydrogen) atoms. The smallest absolute Gasteiger partial charge is 0.227 e. The maximum Gasteiger partial charge on any atom is 0.227 e. The van der Waals surface area contributed by atoms with Gasteiger partial charge in [-0.2, -0.15) is 0 Å². The lowest BCUT2D eigenvalue weighted by Crippen LogP contribution is -1.97. The lowest BCUT2D eigenvalue weighted by molar-refractivity contribution is 1.14. The Labute approximate surface area is 150 Å². The summed E-state index contributed by atoms with van der Waals surface area (Å²) in [6.07, 6.45) is 2.87. The van der Waals surface area contributed by atoms with E-state index in [9.17, 15) is 0 Å². The van der Waals surface area contributed by atoms with Crippen molar-refractivity contribution in [2.75, 3.05) is 11.1 Å². The van der Waals surface area contributed by atoms with Gasteiger partial charge in [0.05, 0.1) is 16.4 Å². The van der Waals surface area contributed by atoms with Crippen molar-refractivity contribution in [3.63, 3.8) is 0 Å². The highest BCUT2D eigenvalue weighted by atomic mass is 32.1. The van der Waals surface area contributed by atoms with Crippen LogP contribution in [0.2, 0.25) is 0 Å². The first kappa shape index (κ1) is 15.6. The normalized spacial score (nSPS) is 10.9. The van der Waals surface area contributed by atoms with Crippen LogP contribution < -0.4 is 11.1 Å². The maximum absolute atomic E-state index is 5.84. The van der Waals surface area contributed by atoms with Gasteiger partial charge >= 0.3 is 0 Å². The molecule has 0 aliphatic rings. The molecule has 2 heterocycles. The molecule has 4 aromatic rings. The number of benzene rings is 2. The average Bonchev–Trinajstić information content (AvgIpc) is 3.05.